The van der Waals surface area contributed by atoms with Crippen molar-refractivity contribution in [1.82, 2.24) is 19.9 Å². The van der Waals surface area contributed by atoms with Crippen molar-refractivity contribution < 1.29 is 4.79 Å². The molecule has 1 amide bonds. The third-order valence-electron chi connectivity index (χ3n) is 4.47. The molecule has 1 aliphatic heterocycles. The summed E-state index contributed by atoms with van der Waals surface area (Å²) in [6.07, 6.45) is 2.18. The molecule has 1 aromatic heterocycles. The number of aromatic nitrogens is 3. The molecular weight excluding hydrogens is 294 g/mol. The summed E-state index contributed by atoms with van der Waals surface area (Å²) < 4.78 is 1.27. The molecule has 0 unspecified atom stereocenters. The van der Waals surface area contributed by atoms with Crippen LogP contribution in [0.15, 0.2) is 29.1 Å². The van der Waals surface area contributed by atoms with Crippen molar-refractivity contribution in [2.24, 2.45) is 11.7 Å². The molecule has 7 heteroatoms. The quantitative estimate of drug-likeness (QED) is 0.880. The third-order valence-corrected chi connectivity index (χ3v) is 4.47. The molecule has 1 saturated heterocycles. The Morgan fingerprint density at radius 3 is 2.74 bits per heavy atom. The number of fused-ring (bicyclic) bond motifs is 1. The number of carbonyl (C=O) groups is 1. The first-order valence-electron chi connectivity index (χ1n) is 7.99. The monoisotopic (exact) mass is 315 g/mol. The highest BCUT2D eigenvalue weighted by Crippen LogP contribution is 2.16. The first-order chi connectivity index (χ1) is 11.2. The van der Waals surface area contributed by atoms with Gasteiger partial charge in [-0.25, -0.2) is 4.68 Å². The molecule has 0 atom stereocenters. The maximum Gasteiger partial charge on any atom is 0.277 e. The number of nitrogens with zero attached hydrogens (tertiary/aromatic N) is 4. The van der Waals surface area contributed by atoms with Gasteiger partial charge in [-0.05, 0) is 37.4 Å². The van der Waals surface area contributed by atoms with Crippen LogP contribution in [-0.4, -0.2) is 45.4 Å². The van der Waals surface area contributed by atoms with Crippen LogP contribution in [-0.2, 0) is 11.3 Å². The van der Waals surface area contributed by atoms with E-state index in [0.717, 1.165) is 25.9 Å². The van der Waals surface area contributed by atoms with E-state index in [0.29, 0.717) is 23.4 Å². The summed E-state index contributed by atoms with van der Waals surface area (Å²) in [5.41, 5.74) is 6.03. The number of benzene rings is 1. The van der Waals surface area contributed by atoms with Crippen molar-refractivity contribution in [1.29, 1.82) is 0 Å². The first-order valence-corrected chi connectivity index (χ1v) is 7.99. The van der Waals surface area contributed by atoms with Gasteiger partial charge in [-0.1, -0.05) is 17.3 Å². The van der Waals surface area contributed by atoms with E-state index in [2.05, 4.69) is 10.3 Å². The van der Waals surface area contributed by atoms with Gasteiger partial charge in [-0.15, -0.1) is 5.10 Å². The largest absolute Gasteiger partial charge is 0.343 e. The van der Waals surface area contributed by atoms with Crippen LogP contribution in [0.3, 0.4) is 0 Å². The molecule has 122 valence electrons. The van der Waals surface area contributed by atoms with Crippen molar-refractivity contribution in [3.8, 4) is 0 Å². The van der Waals surface area contributed by atoms with Crippen LogP contribution in [0.5, 0.6) is 0 Å². The van der Waals surface area contributed by atoms with Crippen LogP contribution >= 0.6 is 0 Å². The van der Waals surface area contributed by atoms with Crippen molar-refractivity contribution in [3.05, 3.63) is 34.6 Å². The van der Waals surface area contributed by atoms with Gasteiger partial charge in [0, 0.05) is 19.5 Å². The minimum Gasteiger partial charge on any atom is -0.343 e. The van der Waals surface area contributed by atoms with Gasteiger partial charge >= 0.3 is 0 Å². The van der Waals surface area contributed by atoms with E-state index in [-0.39, 0.29) is 24.4 Å². The Labute approximate surface area is 134 Å². The van der Waals surface area contributed by atoms with Crippen molar-refractivity contribution >= 4 is 16.8 Å². The summed E-state index contributed by atoms with van der Waals surface area (Å²) in [4.78, 5) is 26.4. The van der Waals surface area contributed by atoms with Crippen LogP contribution in [0.2, 0.25) is 0 Å². The number of hydrogen-bond acceptors (Lipinski definition) is 5. The number of carbonyl (C=O) groups excluding carboxylic acids is 1. The van der Waals surface area contributed by atoms with E-state index in [9.17, 15) is 9.59 Å². The molecule has 1 fully saturated rings. The molecule has 0 bridgehead atoms. The van der Waals surface area contributed by atoms with Gasteiger partial charge in [0.1, 0.15) is 5.52 Å². The molecular formula is C16H21N5O2. The number of rotatable bonds is 4. The third kappa shape index (κ3) is 3.39. The molecule has 1 aliphatic rings. The zero-order chi connectivity index (χ0) is 16.2. The first kappa shape index (κ1) is 15.6. The Hall–Kier alpha value is -2.28. The van der Waals surface area contributed by atoms with Crippen LogP contribution in [0.25, 0.3) is 10.9 Å². The van der Waals surface area contributed by atoms with Crippen molar-refractivity contribution in [2.45, 2.75) is 25.8 Å². The average molecular weight is 315 g/mol. The molecule has 7 nitrogen and oxygen atoms in total. The normalized spacial score (nSPS) is 16.0. The van der Waals surface area contributed by atoms with Gasteiger partial charge in [0.25, 0.3) is 5.56 Å². The topological polar surface area (TPSA) is 94.1 Å². The molecule has 0 saturated carbocycles. The second-order valence-corrected chi connectivity index (χ2v) is 5.94. The van der Waals surface area contributed by atoms with Crippen LogP contribution in [0.1, 0.15) is 19.3 Å². The van der Waals surface area contributed by atoms with Gasteiger partial charge in [0.05, 0.1) is 11.9 Å². The number of amides is 1. The maximum atomic E-state index is 12.3. The number of aryl methyl sites for hydroxylation is 1. The van der Waals surface area contributed by atoms with E-state index in [1.54, 1.807) is 18.2 Å². The zero-order valence-corrected chi connectivity index (χ0v) is 13.0. The summed E-state index contributed by atoms with van der Waals surface area (Å²) in [5.74, 6) is 0.579. The summed E-state index contributed by atoms with van der Waals surface area (Å²) in [6, 6.07) is 7.08. The smallest absolute Gasteiger partial charge is 0.277 e. The van der Waals surface area contributed by atoms with E-state index in [4.69, 9.17) is 5.73 Å². The van der Waals surface area contributed by atoms with Gasteiger partial charge in [0.2, 0.25) is 5.91 Å². The number of hydrogen-bond donors (Lipinski definition) is 1. The van der Waals surface area contributed by atoms with Crippen LogP contribution < -0.4 is 11.3 Å². The van der Waals surface area contributed by atoms with E-state index in [1.807, 2.05) is 11.0 Å². The van der Waals surface area contributed by atoms with Gasteiger partial charge in [-0.3, -0.25) is 9.59 Å². The predicted octanol–water partition coefficient (Wildman–Crippen LogP) is 0.379. The lowest BCUT2D eigenvalue weighted by Crippen LogP contribution is -2.40. The molecule has 0 spiro atoms. The minimum atomic E-state index is -0.203. The Morgan fingerprint density at radius 1 is 1.26 bits per heavy atom. The highest BCUT2D eigenvalue weighted by atomic mass is 16.2. The van der Waals surface area contributed by atoms with E-state index in [1.165, 1.54) is 4.68 Å². The van der Waals surface area contributed by atoms with Crippen LogP contribution in [0.4, 0.5) is 0 Å². The highest BCUT2D eigenvalue weighted by Gasteiger charge is 2.21. The molecule has 0 aliphatic carbocycles. The summed E-state index contributed by atoms with van der Waals surface area (Å²) >= 11 is 0. The lowest BCUT2D eigenvalue weighted by atomic mass is 9.97. The van der Waals surface area contributed by atoms with Gasteiger partial charge < -0.3 is 10.6 Å². The fourth-order valence-corrected chi connectivity index (χ4v) is 2.95. The van der Waals surface area contributed by atoms with Crippen molar-refractivity contribution in [2.75, 3.05) is 19.6 Å². The molecule has 23 heavy (non-hydrogen) atoms. The standard InChI is InChI=1S/C16H21N5O2/c17-11-12-5-8-20(9-6-12)15(22)7-10-21-16(23)13-3-1-2-4-14(13)18-19-21/h1-4,12H,5-11,17H2. The predicted molar refractivity (Wildman–Crippen MR) is 86.8 cm³/mol. The second-order valence-electron chi connectivity index (χ2n) is 5.94. The van der Waals surface area contributed by atoms with Gasteiger partial charge in [0.15, 0.2) is 0 Å². The Balaban J connectivity index is 1.63. The van der Waals surface area contributed by atoms with E-state index < -0.39 is 0 Å². The highest BCUT2D eigenvalue weighted by molar-refractivity contribution is 5.77. The Morgan fingerprint density at radius 2 is 2.00 bits per heavy atom. The number of nitrogens with two attached hydrogens (primary N) is 1. The number of likely N-dealkylation sites (tertiary alicyclic amines) is 1. The average Bonchev–Trinajstić information content (AvgIpc) is 2.61. The maximum absolute atomic E-state index is 12.3. The number of piperidine rings is 1. The van der Waals surface area contributed by atoms with Crippen molar-refractivity contribution in [3.63, 3.8) is 0 Å². The molecule has 3 rings (SSSR count). The summed E-state index contributed by atoms with van der Waals surface area (Å²) in [6.45, 7) is 2.44. The summed E-state index contributed by atoms with van der Waals surface area (Å²) in [5, 5.41) is 8.47. The van der Waals surface area contributed by atoms with Gasteiger partial charge in [-0.2, -0.15) is 0 Å². The molecule has 2 heterocycles. The molecule has 0 radical (unpaired) electrons. The SMILES string of the molecule is NCC1CCN(C(=O)CCn2nnc3ccccc3c2=O)CC1. The molecule has 2 aromatic rings. The van der Waals surface area contributed by atoms with Crippen LogP contribution in [0, 0.1) is 5.92 Å². The minimum absolute atomic E-state index is 0.0577. The fraction of sp³-hybridized carbons (Fsp3) is 0.500. The molecule has 2 N–H and O–H groups in total. The molecule has 1 aromatic carbocycles. The van der Waals surface area contributed by atoms with E-state index >= 15 is 0 Å². The lowest BCUT2D eigenvalue weighted by molar-refractivity contribution is -0.132. The zero-order valence-electron chi connectivity index (χ0n) is 13.0. The summed E-state index contributed by atoms with van der Waals surface area (Å²) in [7, 11) is 0. The Bertz CT molecular complexity index is 749. The second kappa shape index (κ2) is 6.87. The fourth-order valence-electron chi connectivity index (χ4n) is 2.95. The lowest BCUT2D eigenvalue weighted by Gasteiger charge is -2.31. The Kier molecular flexibility index (Phi) is 4.66.